The van der Waals surface area contributed by atoms with Gasteiger partial charge in [-0.3, -0.25) is 0 Å². The van der Waals surface area contributed by atoms with E-state index in [9.17, 15) is 5.11 Å². The highest BCUT2D eigenvalue weighted by Crippen LogP contribution is 2.29. The predicted molar refractivity (Wildman–Crippen MR) is 65.5 cm³/mol. The molecule has 0 saturated carbocycles. The number of rotatable bonds is 2. The predicted octanol–water partition coefficient (Wildman–Crippen LogP) is 1.32. The molecule has 0 spiro atoms. The van der Waals surface area contributed by atoms with E-state index in [0.717, 1.165) is 36.5 Å². The lowest BCUT2D eigenvalue weighted by atomic mass is 10.0. The molecule has 1 aromatic rings. The van der Waals surface area contributed by atoms with Crippen LogP contribution >= 0.6 is 0 Å². The van der Waals surface area contributed by atoms with Crippen molar-refractivity contribution in [1.82, 2.24) is 4.98 Å². The molecule has 0 bridgehead atoms. The zero-order valence-electron chi connectivity index (χ0n) is 9.69. The van der Waals surface area contributed by atoms with Crippen LogP contribution < -0.4 is 10.6 Å². The first-order chi connectivity index (χ1) is 7.74. The number of nitrogens with two attached hydrogens (primary N) is 1. The number of nitrogens with zero attached hydrogens (tertiary/aromatic N) is 2. The van der Waals surface area contributed by atoms with Gasteiger partial charge in [-0.15, -0.1) is 0 Å². The smallest absolute Gasteiger partial charge is 0.152 e. The van der Waals surface area contributed by atoms with E-state index in [1.54, 1.807) is 6.20 Å². The zero-order chi connectivity index (χ0) is 11.5. The lowest BCUT2D eigenvalue weighted by molar-refractivity contribution is 0.239. The molecule has 2 heterocycles. The van der Waals surface area contributed by atoms with Crippen molar-refractivity contribution in [3.63, 3.8) is 0 Å². The lowest BCUT2D eigenvalue weighted by Crippen LogP contribution is -2.42. The molecule has 4 heteroatoms. The van der Waals surface area contributed by atoms with Gasteiger partial charge in [0.2, 0.25) is 0 Å². The van der Waals surface area contributed by atoms with E-state index < -0.39 is 0 Å². The van der Waals surface area contributed by atoms with Gasteiger partial charge in [0, 0.05) is 12.7 Å². The van der Waals surface area contributed by atoms with E-state index in [-0.39, 0.29) is 12.6 Å². The number of pyridine rings is 1. The first-order valence-corrected chi connectivity index (χ1v) is 5.82. The van der Waals surface area contributed by atoms with Gasteiger partial charge < -0.3 is 15.7 Å². The van der Waals surface area contributed by atoms with Gasteiger partial charge in [0.15, 0.2) is 5.82 Å². The summed E-state index contributed by atoms with van der Waals surface area (Å²) in [5.41, 5.74) is 7.83. The molecule has 88 valence electrons. The zero-order valence-corrected chi connectivity index (χ0v) is 9.69. The summed E-state index contributed by atoms with van der Waals surface area (Å²) in [6.45, 7) is 3.10. The Kier molecular flexibility index (Phi) is 3.29. The number of aliphatic hydroxyl groups excluding tert-OH is 1. The largest absolute Gasteiger partial charge is 0.396 e. The van der Waals surface area contributed by atoms with E-state index >= 15 is 0 Å². The molecule has 0 aromatic carbocycles. The second-order valence-electron chi connectivity index (χ2n) is 4.39. The van der Waals surface area contributed by atoms with E-state index in [1.165, 1.54) is 6.42 Å². The fraction of sp³-hybridized carbons (Fsp3) is 0.583. The van der Waals surface area contributed by atoms with E-state index in [2.05, 4.69) is 9.88 Å². The van der Waals surface area contributed by atoms with Crippen LogP contribution in [0.15, 0.2) is 12.3 Å². The average molecular weight is 221 g/mol. The van der Waals surface area contributed by atoms with Crippen LogP contribution in [-0.4, -0.2) is 29.3 Å². The fourth-order valence-electron chi connectivity index (χ4n) is 2.25. The van der Waals surface area contributed by atoms with Gasteiger partial charge in [-0.1, -0.05) is 0 Å². The molecule has 0 amide bonds. The van der Waals surface area contributed by atoms with Gasteiger partial charge in [-0.05, 0) is 37.8 Å². The molecule has 1 saturated heterocycles. The van der Waals surface area contributed by atoms with Crippen LogP contribution in [-0.2, 0) is 0 Å². The highest BCUT2D eigenvalue weighted by Gasteiger charge is 2.24. The molecular formula is C12H19N3O. The van der Waals surface area contributed by atoms with Crippen molar-refractivity contribution < 1.29 is 5.11 Å². The van der Waals surface area contributed by atoms with Gasteiger partial charge in [0.05, 0.1) is 18.3 Å². The molecular weight excluding hydrogens is 202 g/mol. The lowest BCUT2D eigenvalue weighted by Gasteiger charge is -2.36. The Morgan fingerprint density at radius 3 is 3.12 bits per heavy atom. The molecule has 1 unspecified atom stereocenters. The third-order valence-corrected chi connectivity index (χ3v) is 3.30. The maximum atomic E-state index is 9.37. The standard InChI is InChI=1S/C12H19N3O/c1-9-5-6-14-12(11(9)13)15-7-3-2-4-10(15)8-16/h5-6,10,16H,2-4,7-8,13H2,1H3. The molecule has 0 aliphatic carbocycles. The Morgan fingerprint density at radius 1 is 1.56 bits per heavy atom. The molecule has 1 atom stereocenters. The average Bonchev–Trinajstić information content (AvgIpc) is 2.33. The van der Waals surface area contributed by atoms with E-state index in [1.807, 2.05) is 13.0 Å². The minimum absolute atomic E-state index is 0.172. The highest BCUT2D eigenvalue weighted by atomic mass is 16.3. The van der Waals surface area contributed by atoms with E-state index in [4.69, 9.17) is 5.73 Å². The fourth-order valence-corrected chi connectivity index (χ4v) is 2.25. The van der Waals surface area contributed by atoms with Crippen LogP contribution in [0.4, 0.5) is 11.5 Å². The topological polar surface area (TPSA) is 62.4 Å². The summed E-state index contributed by atoms with van der Waals surface area (Å²) >= 11 is 0. The van der Waals surface area contributed by atoms with Crippen LogP contribution in [0.3, 0.4) is 0 Å². The molecule has 1 aliphatic rings. The van der Waals surface area contributed by atoms with Gasteiger partial charge in [-0.2, -0.15) is 0 Å². The Morgan fingerprint density at radius 2 is 2.38 bits per heavy atom. The molecule has 2 rings (SSSR count). The molecule has 16 heavy (non-hydrogen) atoms. The Labute approximate surface area is 96.1 Å². The molecule has 1 fully saturated rings. The van der Waals surface area contributed by atoms with Gasteiger partial charge in [0.1, 0.15) is 0 Å². The Bertz CT molecular complexity index is 367. The number of nitrogen functional groups attached to an aromatic ring is 1. The summed E-state index contributed by atoms with van der Waals surface area (Å²) in [5.74, 6) is 0.832. The van der Waals surface area contributed by atoms with Crippen molar-refractivity contribution in [3.8, 4) is 0 Å². The molecule has 0 radical (unpaired) electrons. The quantitative estimate of drug-likeness (QED) is 0.790. The van der Waals surface area contributed by atoms with Gasteiger partial charge in [-0.25, -0.2) is 4.98 Å². The summed E-state index contributed by atoms with van der Waals surface area (Å²) in [5, 5.41) is 9.37. The number of hydrogen-bond acceptors (Lipinski definition) is 4. The van der Waals surface area contributed by atoms with Gasteiger partial charge in [0.25, 0.3) is 0 Å². The number of piperidine rings is 1. The third kappa shape index (κ3) is 1.97. The summed E-state index contributed by atoms with van der Waals surface area (Å²) in [6, 6.07) is 2.09. The third-order valence-electron chi connectivity index (χ3n) is 3.30. The van der Waals surface area contributed by atoms with Crippen LogP contribution in [0.5, 0.6) is 0 Å². The number of hydrogen-bond donors (Lipinski definition) is 2. The Hall–Kier alpha value is -1.29. The minimum Gasteiger partial charge on any atom is -0.396 e. The van der Waals surface area contributed by atoms with Crippen molar-refractivity contribution in [2.75, 3.05) is 23.8 Å². The highest BCUT2D eigenvalue weighted by molar-refractivity contribution is 5.66. The van der Waals surface area contributed by atoms with Crippen LogP contribution in [0.2, 0.25) is 0 Å². The van der Waals surface area contributed by atoms with Gasteiger partial charge >= 0.3 is 0 Å². The number of aryl methyl sites for hydroxylation is 1. The first kappa shape index (κ1) is 11.2. The summed E-state index contributed by atoms with van der Waals surface area (Å²) in [7, 11) is 0. The summed E-state index contributed by atoms with van der Waals surface area (Å²) in [4.78, 5) is 6.50. The molecule has 1 aromatic heterocycles. The van der Waals surface area contributed by atoms with Crippen LogP contribution in [0.25, 0.3) is 0 Å². The summed E-state index contributed by atoms with van der Waals surface area (Å²) in [6.07, 6.45) is 5.12. The SMILES string of the molecule is Cc1ccnc(N2CCCCC2CO)c1N. The van der Waals surface area contributed by atoms with Crippen molar-refractivity contribution in [3.05, 3.63) is 17.8 Å². The van der Waals surface area contributed by atoms with Crippen molar-refractivity contribution in [1.29, 1.82) is 0 Å². The maximum absolute atomic E-state index is 9.37. The van der Waals surface area contributed by atoms with E-state index in [0.29, 0.717) is 0 Å². The van der Waals surface area contributed by atoms with Crippen LogP contribution in [0, 0.1) is 6.92 Å². The van der Waals surface area contributed by atoms with Crippen molar-refractivity contribution in [2.45, 2.75) is 32.2 Å². The van der Waals surface area contributed by atoms with Crippen molar-refractivity contribution >= 4 is 11.5 Å². The normalized spacial score (nSPS) is 21.1. The second-order valence-corrected chi connectivity index (χ2v) is 4.39. The maximum Gasteiger partial charge on any atom is 0.152 e. The minimum atomic E-state index is 0.172. The molecule has 3 N–H and O–H groups in total. The number of anilines is 2. The van der Waals surface area contributed by atoms with Crippen molar-refractivity contribution in [2.24, 2.45) is 0 Å². The number of aromatic nitrogens is 1. The first-order valence-electron chi connectivity index (χ1n) is 5.82. The molecule has 1 aliphatic heterocycles. The summed E-state index contributed by atoms with van der Waals surface area (Å²) < 4.78 is 0. The Balaban J connectivity index is 2.30. The number of aliphatic hydroxyl groups is 1. The second kappa shape index (κ2) is 4.70. The molecule has 4 nitrogen and oxygen atoms in total. The van der Waals surface area contributed by atoms with Crippen LogP contribution in [0.1, 0.15) is 24.8 Å². The monoisotopic (exact) mass is 221 g/mol.